The van der Waals surface area contributed by atoms with E-state index in [1.165, 1.54) is 12.4 Å². The number of nitrogen functional groups attached to an aromatic ring is 1. The van der Waals surface area contributed by atoms with Gasteiger partial charge in [-0.1, -0.05) is 5.16 Å². The number of carbonyl (C=O) groups excluding carboxylic acids is 3. The van der Waals surface area contributed by atoms with Gasteiger partial charge in [-0.15, -0.1) is 11.3 Å². The molecule has 216 valence electrons. The van der Waals surface area contributed by atoms with Gasteiger partial charge in [-0.05, 0) is 13.8 Å². The van der Waals surface area contributed by atoms with E-state index in [0.29, 0.717) is 0 Å². The van der Waals surface area contributed by atoms with Gasteiger partial charge in [0.15, 0.2) is 16.6 Å². The molecule has 2 aromatic rings. The summed E-state index contributed by atoms with van der Waals surface area (Å²) < 4.78 is 34.2. The fraction of sp³-hybridized carbons (Fsp3) is 0.350. The number of β-lactam (4-membered cyclic amide) rings is 1. The van der Waals surface area contributed by atoms with Crippen molar-refractivity contribution < 1.29 is 47.2 Å². The Hall–Kier alpha value is -4.56. The standard InChI is InChI=1S/C20H23N7O11S2/c1-20(2,18(33)34)38-25-13(8-7-39-19(21)23-8)16(31)24-14-10(27(17(14)32)40(35,36)37)5-22-15(30)9-4-11(28)12(29)6-26(9)3/h4,6-7,10,14,29H,5H2,1-3H3,(H2,21,23)(H,22,30)(H,24,31)(H,33,34)(H,35,36,37)/t10-,14+/m1/s1. The van der Waals surface area contributed by atoms with Crippen LogP contribution in [0.3, 0.4) is 0 Å². The molecule has 3 heterocycles. The first-order chi connectivity index (χ1) is 18.4. The van der Waals surface area contributed by atoms with E-state index in [-0.39, 0.29) is 20.8 Å². The number of hydrogen-bond acceptors (Lipinski definition) is 13. The molecule has 3 amide bonds. The van der Waals surface area contributed by atoms with E-state index in [9.17, 15) is 47.2 Å². The number of carbonyl (C=O) groups is 4. The Morgan fingerprint density at radius 2 is 1.95 bits per heavy atom. The van der Waals surface area contributed by atoms with Crippen molar-refractivity contribution in [2.45, 2.75) is 31.5 Å². The summed E-state index contributed by atoms with van der Waals surface area (Å²) >= 11 is 0.905. The summed E-state index contributed by atoms with van der Waals surface area (Å²) in [6.07, 6.45) is 0.970. The van der Waals surface area contributed by atoms with Gasteiger partial charge in [0.2, 0.25) is 11.0 Å². The Kier molecular flexibility index (Phi) is 8.17. The van der Waals surface area contributed by atoms with Crippen LogP contribution >= 0.6 is 11.3 Å². The number of rotatable bonds is 10. The van der Waals surface area contributed by atoms with Crippen LogP contribution in [0.25, 0.3) is 0 Å². The van der Waals surface area contributed by atoms with E-state index in [2.05, 4.69) is 20.8 Å². The average molecular weight is 602 g/mol. The largest absolute Gasteiger partial charge is 0.503 e. The number of aliphatic carboxylic acids is 1. The van der Waals surface area contributed by atoms with E-state index in [1.807, 2.05) is 0 Å². The Morgan fingerprint density at radius 3 is 2.50 bits per heavy atom. The minimum Gasteiger partial charge on any atom is -0.503 e. The molecule has 0 radical (unpaired) electrons. The summed E-state index contributed by atoms with van der Waals surface area (Å²) in [6, 6.07) is -2.35. The zero-order valence-electron chi connectivity index (χ0n) is 20.9. The first-order valence-electron chi connectivity index (χ1n) is 10.9. The van der Waals surface area contributed by atoms with Crippen LogP contribution < -0.4 is 21.8 Å². The number of carboxylic acid groups (broad SMARTS) is 1. The molecule has 0 aromatic carbocycles. The molecule has 1 fully saturated rings. The lowest BCUT2D eigenvalue weighted by Gasteiger charge is -2.44. The van der Waals surface area contributed by atoms with Crippen molar-refractivity contribution in [3.63, 3.8) is 0 Å². The lowest BCUT2D eigenvalue weighted by Crippen LogP contribution is -2.74. The van der Waals surface area contributed by atoms with Crippen molar-refractivity contribution in [3.05, 3.63) is 39.3 Å². The van der Waals surface area contributed by atoms with Crippen LogP contribution in [-0.4, -0.2) is 90.7 Å². The smallest absolute Gasteiger partial charge is 0.362 e. The second kappa shape index (κ2) is 10.9. The number of pyridine rings is 1. The summed E-state index contributed by atoms with van der Waals surface area (Å²) in [4.78, 5) is 70.2. The Morgan fingerprint density at radius 1 is 1.30 bits per heavy atom. The number of aryl methyl sites for hydroxylation is 1. The molecule has 0 spiro atoms. The molecule has 7 N–H and O–H groups in total. The number of nitrogens with zero attached hydrogens (tertiary/aromatic N) is 4. The average Bonchev–Trinajstić information content (AvgIpc) is 3.26. The second-order valence-corrected chi connectivity index (χ2v) is 11.0. The van der Waals surface area contributed by atoms with Crippen molar-refractivity contribution in [2.24, 2.45) is 12.2 Å². The van der Waals surface area contributed by atoms with Crippen molar-refractivity contribution in [1.29, 1.82) is 0 Å². The van der Waals surface area contributed by atoms with Gasteiger partial charge in [0, 0.05) is 25.0 Å². The molecule has 1 saturated heterocycles. The Labute approximate surface area is 228 Å². The van der Waals surface area contributed by atoms with Crippen molar-refractivity contribution in [3.8, 4) is 5.75 Å². The Bertz CT molecular complexity index is 1580. The van der Waals surface area contributed by atoms with Gasteiger partial charge in [0.05, 0.1) is 12.2 Å². The Balaban J connectivity index is 1.86. The van der Waals surface area contributed by atoms with E-state index >= 15 is 0 Å². The molecule has 0 bridgehead atoms. The number of nitrogens with one attached hydrogen (secondary N) is 2. The summed E-state index contributed by atoms with van der Waals surface area (Å²) in [5.74, 6) is -5.38. The maximum Gasteiger partial charge on any atom is 0.362 e. The van der Waals surface area contributed by atoms with Crippen LogP contribution in [-0.2, 0) is 36.6 Å². The van der Waals surface area contributed by atoms with Gasteiger partial charge in [-0.2, -0.15) is 8.42 Å². The number of thiazole rings is 1. The second-order valence-electron chi connectivity index (χ2n) is 8.78. The molecule has 3 rings (SSSR count). The van der Waals surface area contributed by atoms with Gasteiger partial charge < -0.3 is 36.0 Å². The minimum atomic E-state index is -5.13. The van der Waals surface area contributed by atoms with Crippen LogP contribution in [0.4, 0.5) is 5.13 Å². The van der Waals surface area contributed by atoms with Gasteiger partial charge in [0.1, 0.15) is 17.4 Å². The molecule has 40 heavy (non-hydrogen) atoms. The SMILES string of the molecule is Cn1cc(O)c(=O)cc1C(=O)NC[C@@H]1[C@H](NC(=O)C(=NOC(C)(C)C(=O)O)c2csc(N)n2)C(=O)N1S(=O)(=O)O. The summed E-state index contributed by atoms with van der Waals surface area (Å²) in [5.41, 5.74) is 1.84. The van der Waals surface area contributed by atoms with E-state index in [4.69, 9.17) is 10.6 Å². The molecule has 1 aliphatic rings. The molecule has 1 aliphatic heterocycles. The lowest BCUT2D eigenvalue weighted by molar-refractivity contribution is -0.161. The first-order valence-corrected chi connectivity index (χ1v) is 13.2. The van der Waals surface area contributed by atoms with Crippen molar-refractivity contribution in [2.75, 3.05) is 12.3 Å². The molecule has 18 nitrogen and oxygen atoms in total. The number of amides is 3. The summed E-state index contributed by atoms with van der Waals surface area (Å²) in [5, 5.41) is 28.1. The van der Waals surface area contributed by atoms with Gasteiger partial charge in [-0.3, -0.25) is 23.7 Å². The predicted molar refractivity (Wildman–Crippen MR) is 136 cm³/mol. The number of hydrogen-bond donors (Lipinski definition) is 6. The maximum atomic E-state index is 13.1. The first kappa shape index (κ1) is 30.0. The van der Waals surface area contributed by atoms with Crippen molar-refractivity contribution in [1.82, 2.24) is 24.5 Å². The molecule has 2 atom stereocenters. The molecular formula is C20H23N7O11S2. The molecular weight excluding hydrogens is 578 g/mol. The summed E-state index contributed by atoms with van der Waals surface area (Å²) in [7, 11) is -3.79. The zero-order valence-corrected chi connectivity index (χ0v) is 22.5. The highest BCUT2D eigenvalue weighted by atomic mass is 32.2. The van der Waals surface area contributed by atoms with Crippen LogP contribution in [0, 0.1) is 0 Å². The predicted octanol–water partition coefficient (Wildman–Crippen LogP) is -2.36. The molecule has 0 unspecified atom stereocenters. The molecule has 0 saturated carbocycles. The van der Waals surface area contributed by atoms with Gasteiger partial charge in [-0.25, -0.2) is 14.1 Å². The zero-order chi connectivity index (χ0) is 30.2. The third-order valence-electron chi connectivity index (χ3n) is 5.48. The van der Waals surface area contributed by atoms with Crippen LogP contribution in [0.2, 0.25) is 0 Å². The third-order valence-corrected chi connectivity index (χ3v) is 7.11. The number of nitrogens with two attached hydrogens (primary N) is 1. The number of carboxylic acids is 1. The highest BCUT2D eigenvalue weighted by molar-refractivity contribution is 7.84. The summed E-state index contributed by atoms with van der Waals surface area (Å²) in [6.45, 7) is 1.65. The number of oxime groups is 1. The van der Waals surface area contributed by atoms with Gasteiger partial charge in [0.25, 0.3) is 17.7 Å². The highest BCUT2D eigenvalue weighted by Gasteiger charge is 2.54. The molecule has 0 aliphatic carbocycles. The maximum absolute atomic E-state index is 13.1. The third kappa shape index (κ3) is 6.18. The number of aromatic nitrogens is 2. The van der Waals surface area contributed by atoms with E-state index < -0.39 is 75.1 Å². The number of anilines is 1. The normalized spacial score (nSPS) is 17.6. The van der Waals surface area contributed by atoms with E-state index in [0.717, 1.165) is 42.0 Å². The van der Waals surface area contributed by atoms with Crippen molar-refractivity contribution >= 4 is 56.2 Å². The topological polar surface area (TPSA) is 273 Å². The van der Waals surface area contributed by atoms with E-state index in [1.54, 1.807) is 0 Å². The minimum absolute atomic E-state index is 0.00878. The highest BCUT2D eigenvalue weighted by Crippen LogP contribution is 2.24. The monoisotopic (exact) mass is 601 g/mol. The van der Waals surface area contributed by atoms with Gasteiger partial charge >= 0.3 is 16.3 Å². The molecule has 2 aromatic heterocycles. The quantitative estimate of drug-likeness (QED) is 0.0721. The lowest BCUT2D eigenvalue weighted by atomic mass is 9.98. The fourth-order valence-electron chi connectivity index (χ4n) is 3.30. The number of aromatic hydroxyl groups is 1. The van der Waals surface area contributed by atoms with Crippen LogP contribution in [0.15, 0.2) is 27.6 Å². The van der Waals surface area contributed by atoms with Crippen LogP contribution in [0.1, 0.15) is 30.0 Å². The fourth-order valence-corrected chi connectivity index (χ4v) is 4.73. The molecule has 20 heteroatoms. The van der Waals surface area contributed by atoms with Crippen LogP contribution in [0.5, 0.6) is 5.75 Å².